The standard InChI is InChI=1S/C24H34BNO4/c1-9-10-19(16-25-29-23(5,6)24(7,8)30-25)17-11-12-20-18(15-17)13-14-26(20)21(27)28-22(2,3)4/h9,11-15,19H,1,10,16H2,2-8H3/t19-/m0/s1. The van der Waals surface area contributed by atoms with Gasteiger partial charge in [-0.25, -0.2) is 4.79 Å². The number of rotatable bonds is 5. The van der Waals surface area contributed by atoms with Crippen LogP contribution in [0, 0.1) is 0 Å². The Balaban J connectivity index is 1.83. The van der Waals surface area contributed by atoms with E-state index in [1.807, 2.05) is 39.0 Å². The van der Waals surface area contributed by atoms with Crippen molar-refractivity contribution in [1.82, 2.24) is 4.57 Å². The van der Waals surface area contributed by atoms with Crippen molar-refractivity contribution in [3.05, 3.63) is 48.7 Å². The molecular weight excluding hydrogens is 377 g/mol. The molecule has 0 radical (unpaired) electrons. The fourth-order valence-corrected chi connectivity index (χ4v) is 3.75. The number of hydrogen-bond donors (Lipinski definition) is 0. The number of ether oxygens (including phenoxy) is 1. The molecule has 0 bridgehead atoms. The number of benzene rings is 1. The van der Waals surface area contributed by atoms with E-state index in [4.69, 9.17) is 14.0 Å². The van der Waals surface area contributed by atoms with Crippen molar-refractivity contribution in [2.75, 3.05) is 0 Å². The van der Waals surface area contributed by atoms with Gasteiger partial charge in [-0.3, -0.25) is 4.57 Å². The Hall–Kier alpha value is -2.05. The van der Waals surface area contributed by atoms with Crippen LogP contribution >= 0.6 is 0 Å². The van der Waals surface area contributed by atoms with E-state index in [0.717, 1.165) is 23.6 Å². The molecule has 0 N–H and O–H groups in total. The van der Waals surface area contributed by atoms with Crippen LogP contribution in [-0.2, 0) is 14.0 Å². The van der Waals surface area contributed by atoms with Crippen molar-refractivity contribution < 1.29 is 18.8 Å². The lowest BCUT2D eigenvalue weighted by Crippen LogP contribution is -2.41. The Labute approximate surface area is 180 Å². The number of carbonyl (C=O) groups excluding carboxylic acids is 1. The highest BCUT2D eigenvalue weighted by Gasteiger charge is 2.51. The molecule has 162 valence electrons. The van der Waals surface area contributed by atoms with Gasteiger partial charge in [-0.05, 0) is 90.9 Å². The topological polar surface area (TPSA) is 49.7 Å². The highest BCUT2D eigenvalue weighted by atomic mass is 16.7. The number of allylic oxidation sites excluding steroid dienone is 1. The van der Waals surface area contributed by atoms with E-state index in [0.29, 0.717) is 0 Å². The van der Waals surface area contributed by atoms with Gasteiger partial charge in [-0.1, -0.05) is 12.1 Å². The monoisotopic (exact) mass is 411 g/mol. The molecular formula is C24H34BNO4. The summed E-state index contributed by atoms with van der Waals surface area (Å²) >= 11 is 0. The molecule has 0 aliphatic carbocycles. The van der Waals surface area contributed by atoms with Crippen LogP contribution in [0.2, 0.25) is 6.32 Å². The molecule has 1 aliphatic heterocycles. The van der Waals surface area contributed by atoms with Crippen molar-refractivity contribution in [3.63, 3.8) is 0 Å². The first-order chi connectivity index (χ1) is 13.8. The summed E-state index contributed by atoms with van der Waals surface area (Å²) < 4.78 is 19.5. The first kappa shape index (κ1) is 22.6. The molecule has 1 atom stereocenters. The van der Waals surface area contributed by atoms with Gasteiger partial charge in [0, 0.05) is 11.6 Å². The van der Waals surface area contributed by atoms with E-state index in [-0.39, 0.29) is 30.3 Å². The zero-order chi connectivity index (χ0) is 22.3. The fourth-order valence-electron chi connectivity index (χ4n) is 3.75. The summed E-state index contributed by atoms with van der Waals surface area (Å²) in [5.41, 5.74) is 0.793. The van der Waals surface area contributed by atoms with Crippen LogP contribution in [0.15, 0.2) is 43.1 Å². The summed E-state index contributed by atoms with van der Waals surface area (Å²) in [4.78, 5) is 12.5. The molecule has 5 nitrogen and oxygen atoms in total. The molecule has 1 fully saturated rings. The fraction of sp³-hybridized carbons (Fsp3) is 0.542. The van der Waals surface area contributed by atoms with Gasteiger partial charge in [-0.15, -0.1) is 6.58 Å². The molecule has 1 aromatic carbocycles. The highest BCUT2D eigenvalue weighted by Crippen LogP contribution is 2.40. The van der Waals surface area contributed by atoms with E-state index in [1.165, 1.54) is 5.56 Å². The predicted octanol–water partition coefficient (Wildman–Crippen LogP) is 6.18. The van der Waals surface area contributed by atoms with Crippen molar-refractivity contribution in [3.8, 4) is 0 Å². The normalized spacial score (nSPS) is 19.1. The molecule has 0 unspecified atom stereocenters. The number of hydrogen-bond acceptors (Lipinski definition) is 4. The van der Waals surface area contributed by atoms with Gasteiger partial charge < -0.3 is 14.0 Å². The molecule has 3 rings (SSSR count). The molecule has 30 heavy (non-hydrogen) atoms. The number of nitrogens with zero attached hydrogens (tertiary/aromatic N) is 1. The smallest absolute Gasteiger partial charge is 0.443 e. The minimum atomic E-state index is -0.536. The third-order valence-electron chi connectivity index (χ3n) is 6.01. The molecule has 2 aromatic rings. The van der Waals surface area contributed by atoms with Gasteiger partial charge in [0.15, 0.2) is 0 Å². The number of fused-ring (bicyclic) bond motifs is 1. The second-order valence-corrected chi connectivity index (χ2v) is 10.1. The predicted molar refractivity (Wildman–Crippen MR) is 122 cm³/mol. The van der Waals surface area contributed by atoms with Gasteiger partial charge in [0.05, 0.1) is 16.7 Å². The van der Waals surface area contributed by atoms with Crippen LogP contribution in [0.5, 0.6) is 0 Å². The molecule has 1 aromatic heterocycles. The van der Waals surface area contributed by atoms with Gasteiger partial charge in [0.1, 0.15) is 5.60 Å². The van der Waals surface area contributed by atoms with Crippen molar-refractivity contribution >= 4 is 24.1 Å². The summed E-state index contributed by atoms with van der Waals surface area (Å²) in [5, 5.41) is 1.00. The van der Waals surface area contributed by atoms with Crippen LogP contribution in [0.25, 0.3) is 10.9 Å². The average molecular weight is 411 g/mol. The first-order valence-electron chi connectivity index (χ1n) is 10.6. The van der Waals surface area contributed by atoms with Crippen LogP contribution in [0.4, 0.5) is 4.79 Å². The van der Waals surface area contributed by atoms with E-state index in [1.54, 1.807) is 10.8 Å². The minimum Gasteiger partial charge on any atom is -0.443 e. The van der Waals surface area contributed by atoms with E-state index in [2.05, 4.69) is 46.4 Å². The Morgan fingerprint density at radius 2 is 1.83 bits per heavy atom. The molecule has 2 heterocycles. The summed E-state index contributed by atoms with van der Waals surface area (Å²) in [6.45, 7) is 17.8. The SMILES string of the molecule is C=CC[C@@H](CB1OC(C)(C)C(C)(C)O1)c1ccc2c(ccn2C(=O)OC(C)(C)C)c1. The average Bonchev–Trinajstić information content (AvgIpc) is 3.10. The van der Waals surface area contributed by atoms with Crippen LogP contribution in [-0.4, -0.2) is 34.6 Å². The van der Waals surface area contributed by atoms with Gasteiger partial charge >= 0.3 is 13.2 Å². The van der Waals surface area contributed by atoms with Gasteiger partial charge in [0.25, 0.3) is 0 Å². The Morgan fingerprint density at radius 3 is 2.40 bits per heavy atom. The lowest BCUT2D eigenvalue weighted by Gasteiger charge is -2.32. The lowest BCUT2D eigenvalue weighted by atomic mass is 9.73. The first-order valence-corrected chi connectivity index (χ1v) is 10.6. The Bertz CT molecular complexity index is 922. The number of aromatic nitrogens is 1. The summed E-state index contributed by atoms with van der Waals surface area (Å²) in [7, 11) is -0.262. The number of carbonyl (C=O) groups is 1. The largest absolute Gasteiger partial charge is 0.458 e. The maximum atomic E-state index is 12.5. The zero-order valence-corrected chi connectivity index (χ0v) is 19.3. The van der Waals surface area contributed by atoms with Crippen molar-refractivity contribution in [2.24, 2.45) is 0 Å². The minimum absolute atomic E-state index is 0.214. The molecule has 0 spiro atoms. The van der Waals surface area contributed by atoms with E-state index < -0.39 is 5.60 Å². The second-order valence-electron chi connectivity index (χ2n) is 10.1. The third kappa shape index (κ3) is 4.65. The maximum Gasteiger partial charge on any atom is 0.458 e. The quantitative estimate of drug-likeness (QED) is 0.436. The maximum absolute atomic E-state index is 12.5. The Morgan fingerprint density at radius 1 is 1.20 bits per heavy atom. The van der Waals surface area contributed by atoms with Crippen LogP contribution in [0.1, 0.15) is 66.4 Å². The van der Waals surface area contributed by atoms with Gasteiger partial charge in [0.2, 0.25) is 0 Å². The summed E-state index contributed by atoms with van der Waals surface area (Å²) in [6.07, 6.45) is 4.90. The molecule has 1 aliphatic rings. The van der Waals surface area contributed by atoms with E-state index >= 15 is 0 Å². The third-order valence-corrected chi connectivity index (χ3v) is 6.01. The summed E-state index contributed by atoms with van der Waals surface area (Å²) in [5.74, 6) is 0.214. The van der Waals surface area contributed by atoms with Crippen molar-refractivity contribution in [1.29, 1.82) is 0 Å². The highest BCUT2D eigenvalue weighted by molar-refractivity contribution is 6.45. The molecule has 6 heteroatoms. The lowest BCUT2D eigenvalue weighted by molar-refractivity contribution is 0.00578. The van der Waals surface area contributed by atoms with Crippen molar-refractivity contribution in [2.45, 2.75) is 83.9 Å². The zero-order valence-electron chi connectivity index (χ0n) is 19.3. The van der Waals surface area contributed by atoms with Gasteiger partial charge in [-0.2, -0.15) is 0 Å². The van der Waals surface area contributed by atoms with Crippen LogP contribution < -0.4 is 0 Å². The second kappa shape index (κ2) is 7.90. The molecule has 0 saturated carbocycles. The Kier molecular flexibility index (Phi) is 5.96. The summed E-state index contributed by atoms with van der Waals surface area (Å²) in [6, 6.07) is 8.13. The van der Waals surface area contributed by atoms with E-state index in [9.17, 15) is 4.79 Å². The molecule has 0 amide bonds. The van der Waals surface area contributed by atoms with Crippen LogP contribution in [0.3, 0.4) is 0 Å². The molecule has 1 saturated heterocycles.